The fourth-order valence-corrected chi connectivity index (χ4v) is 3.66. The Balaban J connectivity index is 1.69. The van der Waals surface area contributed by atoms with E-state index < -0.39 is 7.12 Å². The van der Waals surface area contributed by atoms with Gasteiger partial charge in [0.2, 0.25) is 5.95 Å². The monoisotopic (exact) mass is 433 g/mol. The number of benzene rings is 2. The lowest BCUT2D eigenvalue weighted by atomic mass is 9.80. The third kappa shape index (κ3) is 4.42. The number of ether oxygens (including phenoxy) is 2. The van der Waals surface area contributed by atoms with Crippen molar-refractivity contribution in [2.45, 2.75) is 20.1 Å². The Morgan fingerprint density at radius 3 is 2.62 bits per heavy atom. The van der Waals surface area contributed by atoms with Crippen molar-refractivity contribution < 1.29 is 19.5 Å². The molecule has 164 valence electrons. The molecular weight excluding hydrogens is 409 g/mol. The maximum absolute atomic E-state index is 9.38. The highest BCUT2D eigenvalue weighted by atomic mass is 16.5. The van der Waals surface area contributed by atoms with Gasteiger partial charge in [0.05, 0.1) is 19.2 Å². The largest absolute Gasteiger partial charge is 0.488 e. The molecule has 0 amide bonds. The quantitative estimate of drug-likeness (QED) is 0.310. The van der Waals surface area contributed by atoms with Crippen molar-refractivity contribution in [3.8, 4) is 17.4 Å². The van der Waals surface area contributed by atoms with E-state index in [1.807, 2.05) is 31.2 Å². The molecule has 0 atom stereocenters. The van der Waals surface area contributed by atoms with E-state index in [-0.39, 0.29) is 6.01 Å². The van der Waals surface area contributed by atoms with E-state index in [0.29, 0.717) is 30.4 Å². The molecule has 4 N–H and O–H groups in total. The summed E-state index contributed by atoms with van der Waals surface area (Å²) in [6.07, 6.45) is 0. The number of hydrogen-bond acceptors (Lipinski definition) is 8. The number of methoxy groups -OCH3 is 2. The van der Waals surface area contributed by atoms with Gasteiger partial charge in [-0.15, -0.1) is 0 Å². The zero-order valence-electron chi connectivity index (χ0n) is 18.1. The number of rotatable bonds is 8. The van der Waals surface area contributed by atoms with E-state index in [9.17, 15) is 10.0 Å². The van der Waals surface area contributed by atoms with E-state index in [1.165, 1.54) is 7.11 Å². The maximum atomic E-state index is 9.38. The van der Waals surface area contributed by atoms with Gasteiger partial charge in [-0.25, -0.2) is 0 Å². The SMILES string of the molecule is COCc1cccc2c(-c3nc(NCc4cccc(B(O)O)c4)nc(OC)n3)c(C)[nH]c12. The number of hydrogen-bond donors (Lipinski definition) is 4. The molecule has 0 saturated heterocycles. The lowest BCUT2D eigenvalue weighted by molar-refractivity contribution is 0.186. The second-order valence-electron chi connectivity index (χ2n) is 7.34. The van der Waals surface area contributed by atoms with Crippen LogP contribution in [-0.4, -0.2) is 51.3 Å². The Hall–Kier alpha value is -3.47. The standard InChI is InChI=1S/C22H24BN5O4/c1-13-18(17-9-5-7-15(12-31-2)19(17)25-13)20-26-21(28-22(27-20)32-3)24-11-14-6-4-8-16(10-14)23(29)30/h4-10,25,29-30H,11-12H2,1-3H3,(H,24,26,27,28). The van der Waals surface area contributed by atoms with Gasteiger partial charge in [-0.1, -0.05) is 42.5 Å². The fourth-order valence-electron chi connectivity index (χ4n) is 3.66. The molecular formula is C22H24BN5O4. The Kier molecular flexibility index (Phi) is 6.36. The van der Waals surface area contributed by atoms with Gasteiger partial charge in [-0.3, -0.25) is 0 Å². The second-order valence-corrected chi connectivity index (χ2v) is 7.34. The van der Waals surface area contributed by atoms with Crippen molar-refractivity contribution in [1.82, 2.24) is 19.9 Å². The second kappa shape index (κ2) is 9.35. The molecule has 0 spiro atoms. The molecule has 9 nitrogen and oxygen atoms in total. The molecule has 10 heteroatoms. The molecule has 0 unspecified atom stereocenters. The van der Waals surface area contributed by atoms with E-state index in [2.05, 4.69) is 25.3 Å². The van der Waals surface area contributed by atoms with Crippen LogP contribution in [0.25, 0.3) is 22.3 Å². The van der Waals surface area contributed by atoms with Gasteiger partial charge in [0, 0.05) is 35.9 Å². The number of nitrogens with one attached hydrogen (secondary N) is 2. The first-order valence-corrected chi connectivity index (χ1v) is 10.1. The minimum Gasteiger partial charge on any atom is -0.467 e. The first-order valence-electron chi connectivity index (χ1n) is 10.1. The number of fused-ring (bicyclic) bond motifs is 1. The summed E-state index contributed by atoms with van der Waals surface area (Å²) >= 11 is 0. The summed E-state index contributed by atoms with van der Waals surface area (Å²) in [5.74, 6) is 0.834. The fraction of sp³-hybridized carbons (Fsp3) is 0.227. The summed E-state index contributed by atoms with van der Waals surface area (Å²) in [5.41, 5.74) is 5.09. The summed E-state index contributed by atoms with van der Waals surface area (Å²) < 4.78 is 10.6. The molecule has 0 saturated carbocycles. The van der Waals surface area contributed by atoms with Crippen molar-refractivity contribution in [1.29, 1.82) is 0 Å². The number of anilines is 1. The molecule has 0 aliphatic carbocycles. The van der Waals surface area contributed by atoms with Crippen LogP contribution in [0.3, 0.4) is 0 Å². The minimum atomic E-state index is -1.52. The molecule has 4 rings (SSSR count). The van der Waals surface area contributed by atoms with E-state index in [1.54, 1.807) is 25.3 Å². The third-order valence-electron chi connectivity index (χ3n) is 5.13. The van der Waals surface area contributed by atoms with Crippen LogP contribution in [0.1, 0.15) is 16.8 Å². The summed E-state index contributed by atoms with van der Waals surface area (Å²) in [5, 5.41) is 22.9. The predicted molar refractivity (Wildman–Crippen MR) is 123 cm³/mol. The van der Waals surface area contributed by atoms with Crippen molar-refractivity contribution in [3.63, 3.8) is 0 Å². The van der Waals surface area contributed by atoms with Crippen molar-refractivity contribution >= 4 is 29.4 Å². The predicted octanol–water partition coefficient (Wildman–Crippen LogP) is 1.78. The van der Waals surface area contributed by atoms with Crippen LogP contribution in [-0.2, 0) is 17.9 Å². The van der Waals surface area contributed by atoms with Gasteiger partial charge >= 0.3 is 13.1 Å². The lowest BCUT2D eigenvalue weighted by Crippen LogP contribution is -2.30. The number of nitrogens with zero attached hydrogens (tertiary/aromatic N) is 3. The smallest absolute Gasteiger partial charge is 0.467 e. The van der Waals surface area contributed by atoms with E-state index in [4.69, 9.17) is 9.47 Å². The van der Waals surface area contributed by atoms with Crippen molar-refractivity contribution in [2.24, 2.45) is 0 Å². The zero-order chi connectivity index (χ0) is 22.7. The number of aryl methyl sites for hydroxylation is 1. The van der Waals surface area contributed by atoms with Crippen LogP contribution in [0.5, 0.6) is 6.01 Å². The van der Waals surface area contributed by atoms with Crippen LogP contribution >= 0.6 is 0 Å². The average Bonchev–Trinajstić information content (AvgIpc) is 3.14. The zero-order valence-corrected chi connectivity index (χ0v) is 18.1. The normalized spacial score (nSPS) is 11.0. The van der Waals surface area contributed by atoms with Crippen molar-refractivity contribution in [3.05, 3.63) is 59.3 Å². The molecule has 0 radical (unpaired) electrons. The summed E-state index contributed by atoms with van der Waals surface area (Å²) in [6, 6.07) is 13.2. The molecule has 0 fully saturated rings. The minimum absolute atomic E-state index is 0.193. The number of para-hydroxylation sites is 1. The molecule has 4 aromatic rings. The van der Waals surface area contributed by atoms with Gasteiger partial charge in [0.25, 0.3) is 0 Å². The van der Waals surface area contributed by atoms with Crippen LogP contribution < -0.4 is 15.5 Å². The maximum Gasteiger partial charge on any atom is 0.488 e. The molecule has 0 aliphatic heterocycles. The Morgan fingerprint density at radius 2 is 1.88 bits per heavy atom. The van der Waals surface area contributed by atoms with Crippen LogP contribution in [0.2, 0.25) is 0 Å². The molecule has 2 aromatic heterocycles. The highest BCUT2D eigenvalue weighted by Crippen LogP contribution is 2.33. The Labute approximate surface area is 185 Å². The molecule has 32 heavy (non-hydrogen) atoms. The summed E-state index contributed by atoms with van der Waals surface area (Å²) in [4.78, 5) is 16.8. The number of aromatic amines is 1. The molecule has 0 bridgehead atoms. The molecule has 0 aliphatic rings. The van der Waals surface area contributed by atoms with Gasteiger partial charge in [0.1, 0.15) is 0 Å². The Morgan fingerprint density at radius 1 is 1.06 bits per heavy atom. The highest BCUT2D eigenvalue weighted by molar-refractivity contribution is 6.58. The van der Waals surface area contributed by atoms with Gasteiger partial charge in [-0.05, 0) is 17.9 Å². The molecule has 2 aromatic carbocycles. The number of H-pyrrole nitrogens is 1. The van der Waals surface area contributed by atoms with Crippen LogP contribution in [0, 0.1) is 6.92 Å². The van der Waals surface area contributed by atoms with Crippen molar-refractivity contribution in [2.75, 3.05) is 19.5 Å². The van der Waals surface area contributed by atoms with Gasteiger partial charge in [-0.2, -0.15) is 15.0 Å². The third-order valence-corrected chi connectivity index (χ3v) is 5.13. The topological polar surface area (TPSA) is 125 Å². The van der Waals surface area contributed by atoms with E-state index >= 15 is 0 Å². The van der Waals surface area contributed by atoms with Crippen LogP contribution in [0.15, 0.2) is 42.5 Å². The highest BCUT2D eigenvalue weighted by Gasteiger charge is 2.18. The van der Waals surface area contributed by atoms with Gasteiger partial charge < -0.3 is 29.8 Å². The first-order chi connectivity index (χ1) is 15.5. The van der Waals surface area contributed by atoms with E-state index in [0.717, 1.165) is 33.3 Å². The average molecular weight is 433 g/mol. The van der Waals surface area contributed by atoms with Gasteiger partial charge in [0.15, 0.2) is 5.82 Å². The Bertz CT molecular complexity index is 1240. The first kappa shape index (κ1) is 21.8. The summed E-state index contributed by atoms with van der Waals surface area (Å²) in [6.45, 7) is 2.85. The van der Waals surface area contributed by atoms with Crippen LogP contribution in [0.4, 0.5) is 5.95 Å². The molecule has 2 heterocycles. The lowest BCUT2D eigenvalue weighted by Gasteiger charge is -2.10. The summed E-state index contributed by atoms with van der Waals surface area (Å²) in [7, 11) is 1.65. The number of aromatic nitrogens is 4.